The summed E-state index contributed by atoms with van der Waals surface area (Å²) < 4.78 is 31.1. The number of aliphatic hydroxyl groups excluding tert-OH is 1. The third kappa shape index (κ3) is 4.55. The van der Waals surface area contributed by atoms with Crippen LogP contribution in [0.4, 0.5) is 14.5 Å². The monoisotopic (exact) mass is 385 g/mol. The predicted octanol–water partition coefficient (Wildman–Crippen LogP) is 5.12. The first-order valence-electron chi connectivity index (χ1n) is 6.79. The van der Waals surface area contributed by atoms with E-state index in [4.69, 9.17) is 23.2 Å². The van der Waals surface area contributed by atoms with Crippen molar-refractivity contribution in [1.82, 2.24) is 0 Å². The molecule has 0 saturated carbocycles. The van der Waals surface area contributed by atoms with Crippen LogP contribution in [0.25, 0.3) is 5.76 Å². The topological polar surface area (TPSA) is 58.9 Å². The lowest BCUT2D eigenvalue weighted by molar-refractivity contribution is -0.135. The minimum atomic E-state index is -0.921. The molecule has 0 aliphatic carbocycles. The van der Waals surface area contributed by atoms with Crippen LogP contribution in [0.1, 0.15) is 5.56 Å². The molecule has 25 heavy (non-hydrogen) atoms. The second-order valence-electron chi connectivity index (χ2n) is 4.73. The van der Waals surface area contributed by atoms with Crippen LogP contribution in [0, 0.1) is 11.6 Å². The van der Waals surface area contributed by atoms with Crippen LogP contribution in [-0.2, 0) is 9.53 Å². The molecule has 4 nitrogen and oxygen atoms in total. The van der Waals surface area contributed by atoms with Crippen LogP contribution in [0.2, 0.25) is 10.0 Å². The number of hydrogen-bond donors (Lipinski definition) is 1. The van der Waals surface area contributed by atoms with E-state index >= 15 is 0 Å². The van der Waals surface area contributed by atoms with E-state index in [9.17, 15) is 18.7 Å². The molecule has 2 aromatic rings. The number of hydrogen-bond acceptors (Lipinski definition) is 4. The van der Waals surface area contributed by atoms with Crippen LogP contribution in [-0.4, -0.2) is 24.4 Å². The van der Waals surface area contributed by atoms with Gasteiger partial charge in [0.1, 0.15) is 23.0 Å². The standard InChI is InChI=1S/C17H11Cl2F2NO3/c1-25-17(24)12(8-22-10-4-2-9(20)3-5-10)16(23)11-6-15(21)14(19)7-13(11)18/h2-8,23H,1H3. The SMILES string of the molecule is COC(=O)C(C=Nc1ccc(F)cc1)=C(O)c1cc(F)c(Cl)cc1Cl. The molecule has 2 aromatic carbocycles. The Kier molecular flexibility index (Phi) is 6.12. The van der Waals surface area contributed by atoms with Crippen molar-refractivity contribution in [2.45, 2.75) is 0 Å². The van der Waals surface area contributed by atoms with Gasteiger partial charge in [-0.3, -0.25) is 4.99 Å². The van der Waals surface area contributed by atoms with Crippen LogP contribution >= 0.6 is 23.2 Å². The normalized spacial score (nSPS) is 12.2. The van der Waals surface area contributed by atoms with E-state index in [0.29, 0.717) is 5.69 Å². The summed E-state index contributed by atoms with van der Waals surface area (Å²) in [5.41, 5.74) is -0.200. The zero-order valence-corrected chi connectivity index (χ0v) is 14.3. The highest BCUT2D eigenvalue weighted by Crippen LogP contribution is 2.30. The predicted molar refractivity (Wildman–Crippen MR) is 92.5 cm³/mol. The zero-order valence-electron chi connectivity index (χ0n) is 12.8. The second kappa shape index (κ2) is 8.09. The summed E-state index contributed by atoms with van der Waals surface area (Å²) in [6.07, 6.45) is 1.01. The maximum atomic E-state index is 13.6. The summed E-state index contributed by atoms with van der Waals surface area (Å²) in [4.78, 5) is 15.9. The van der Waals surface area contributed by atoms with E-state index in [1.807, 2.05) is 0 Å². The number of aliphatic hydroxyl groups is 1. The van der Waals surface area contributed by atoms with E-state index in [-0.39, 0.29) is 21.2 Å². The number of carbonyl (C=O) groups is 1. The van der Waals surface area contributed by atoms with Gasteiger partial charge in [0.25, 0.3) is 0 Å². The van der Waals surface area contributed by atoms with Crippen LogP contribution in [0.3, 0.4) is 0 Å². The minimum absolute atomic E-state index is 0.0690. The fraction of sp³-hybridized carbons (Fsp3) is 0.0588. The van der Waals surface area contributed by atoms with E-state index in [1.165, 1.54) is 24.3 Å². The fourth-order valence-corrected chi connectivity index (χ4v) is 2.31. The third-order valence-corrected chi connectivity index (χ3v) is 3.70. The number of carbonyl (C=O) groups excluding carboxylic acids is 1. The van der Waals surface area contributed by atoms with Crippen molar-refractivity contribution in [1.29, 1.82) is 0 Å². The fourth-order valence-electron chi connectivity index (χ4n) is 1.84. The lowest BCUT2D eigenvalue weighted by Gasteiger charge is -2.08. The van der Waals surface area contributed by atoms with Crippen molar-refractivity contribution in [3.8, 4) is 0 Å². The van der Waals surface area contributed by atoms with Crippen molar-refractivity contribution in [2.24, 2.45) is 4.99 Å². The molecule has 8 heteroatoms. The van der Waals surface area contributed by atoms with Gasteiger partial charge in [-0.25, -0.2) is 13.6 Å². The number of methoxy groups -OCH3 is 1. The summed E-state index contributed by atoms with van der Waals surface area (Å²) in [7, 11) is 1.10. The van der Waals surface area contributed by atoms with Crippen LogP contribution in [0.15, 0.2) is 47.0 Å². The number of halogens is 4. The van der Waals surface area contributed by atoms with E-state index in [1.54, 1.807) is 0 Å². The highest BCUT2D eigenvalue weighted by Gasteiger charge is 2.19. The number of nitrogens with zero attached hydrogens (tertiary/aromatic N) is 1. The molecule has 1 N–H and O–H groups in total. The molecular formula is C17H11Cl2F2NO3. The molecule has 0 aromatic heterocycles. The van der Waals surface area contributed by atoms with Crippen molar-refractivity contribution in [3.63, 3.8) is 0 Å². The van der Waals surface area contributed by atoms with Gasteiger partial charge in [0.15, 0.2) is 0 Å². The lowest BCUT2D eigenvalue weighted by atomic mass is 10.1. The Morgan fingerprint density at radius 1 is 1.16 bits per heavy atom. The van der Waals surface area contributed by atoms with Crippen molar-refractivity contribution in [2.75, 3.05) is 7.11 Å². The molecule has 0 aliphatic heterocycles. The maximum absolute atomic E-state index is 13.6. The van der Waals surface area contributed by atoms with Gasteiger partial charge in [-0.1, -0.05) is 23.2 Å². The van der Waals surface area contributed by atoms with Gasteiger partial charge in [-0.2, -0.15) is 0 Å². The first-order chi connectivity index (χ1) is 11.8. The van der Waals surface area contributed by atoms with Crippen molar-refractivity contribution >= 4 is 46.8 Å². The second-order valence-corrected chi connectivity index (χ2v) is 5.55. The molecule has 0 spiro atoms. The summed E-state index contributed by atoms with van der Waals surface area (Å²) in [6, 6.07) is 7.07. The van der Waals surface area contributed by atoms with Gasteiger partial charge in [0.05, 0.1) is 22.8 Å². The summed E-state index contributed by atoms with van der Waals surface area (Å²) in [6.45, 7) is 0. The summed E-state index contributed by atoms with van der Waals surface area (Å²) >= 11 is 11.5. The Morgan fingerprint density at radius 2 is 1.80 bits per heavy atom. The molecule has 0 saturated heterocycles. The third-order valence-electron chi connectivity index (χ3n) is 3.09. The molecule has 0 fully saturated rings. The van der Waals surface area contributed by atoms with Crippen LogP contribution in [0.5, 0.6) is 0 Å². The highest BCUT2D eigenvalue weighted by atomic mass is 35.5. The van der Waals surface area contributed by atoms with Gasteiger partial charge < -0.3 is 9.84 Å². The highest BCUT2D eigenvalue weighted by molar-refractivity contribution is 6.36. The molecule has 0 amide bonds. The maximum Gasteiger partial charge on any atom is 0.343 e. The molecular weight excluding hydrogens is 375 g/mol. The van der Waals surface area contributed by atoms with E-state index in [2.05, 4.69) is 9.73 Å². The van der Waals surface area contributed by atoms with E-state index < -0.39 is 23.4 Å². The lowest BCUT2D eigenvalue weighted by Crippen LogP contribution is -2.09. The summed E-state index contributed by atoms with van der Waals surface area (Å²) in [5.74, 6) is -2.84. The zero-order chi connectivity index (χ0) is 18.6. The van der Waals surface area contributed by atoms with Crippen molar-refractivity contribution in [3.05, 3.63) is 69.2 Å². The first-order valence-corrected chi connectivity index (χ1v) is 7.55. The van der Waals surface area contributed by atoms with Gasteiger partial charge in [-0.05, 0) is 36.4 Å². The number of rotatable bonds is 4. The largest absolute Gasteiger partial charge is 0.506 e. The molecule has 0 aliphatic rings. The number of aliphatic imine (C=N–C) groups is 1. The smallest absolute Gasteiger partial charge is 0.343 e. The van der Waals surface area contributed by atoms with Gasteiger partial charge in [0.2, 0.25) is 0 Å². The Labute approximate surface area is 152 Å². The van der Waals surface area contributed by atoms with Crippen LogP contribution < -0.4 is 0 Å². The molecule has 0 bridgehead atoms. The van der Waals surface area contributed by atoms with E-state index in [0.717, 1.165) is 25.5 Å². The molecule has 0 atom stereocenters. The Balaban J connectivity index is 2.52. The Bertz CT molecular complexity index is 865. The molecule has 0 radical (unpaired) electrons. The molecule has 0 unspecified atom stereocenters. The average Bonchev–Trinajstić information content (AvgIpc) is 2.59. The Hall–Kier alpha value is -2.44. The molecule has 130 valence electrons. The quantitative estimate of drug-likeness (QED) is 0.261. The number of ether oxygens (including phenoxy) is 1. The summed E-state index contributed by atoms with van der Waals surface area (Å²) in [5, 5.41) is 10.0. The van der Waals surface area contributed by atoms with Gasteiger partial charge in [0, 0.05) is 11.8 Å². The average molecular weight is 386 g/mol. The molecule has 2 rings (SSSR count). The number of esters is 1. The number of benzene rings is 2. The van der Waals surface area contributed by atoms with Gasteiger partial charge >= 0.3 is 5.97 Å². The minimum Gasteiger partial charge on any atom is -0.506 e. The van der Waals surface area contributed by atoms with Crippen molar-refractivity contribution < 1.29 is 23.4 Å². The first kappa shape index (κ1) is 18.9. The Morgan fingerprint density at radius 3 is 2.40 bits per heavy atom. The molecule has 0 heterocycles. The van der Waals surface area contributed by atoms with Gasteiger partial charge in [-0.15, -0.1) is 0 Å².